The van der Waals surface area contributed by atoms with E-state index in [0.717, 1.165) is 23.5 Å². The van der Waals surface area contributed by atoms with Gasteiger partial charge in [0.05, 0.1) is 6.61 Å². The SMILES string of the molecule is CCOc1ccc(Nc2ccc(C(=O)Nc3ccc(CC)cc3)nn2)cc1. The van der Waals surface area contributed by atoms with Crippen molar-refractivity contribution >= 4 is 23.1 Å². The van der Waals surface area contributed by atoms with E-state index in [1.54, 1.807) is 12.1 Å². The summed E-state index contributed by atoms with van der Waals surface area (Å²) in [6.07, 6.45) is 0.961. The molecule has 6 nitrogen and oxygen atoms in total. The minimum absolute atomic E-state index is 0.256. The van der Waals surface area contributed by atoms with Crippen LogP contribution in [-0.2, 0) is 6.42 Å². The van der Waals surface area contributed by atoms with E-state index in [4.69, 9.17) is 4.74 Å². The minimum Gasteiger partial charge on any atom is -0.494 e. The molecule has 0 aliphatic carbocycles. The van der Waals surface area contributed by atoms with Crippen LogP contribution in [0.25, 0.3) is 0 Å². The van der Waals surface area contributed by atoms with E-state index < -0.39 is 0 Å². The van der Waals surface area contributed by atoms with Crippen molar-refractivity contribution < 1.29 is 9.53 Å². The molecule has 0 saturated heterocycles. The Balaban J connectivity index is 1.61. The standard InChI is InChI=1S/C21H22N4O2/c1-3-15-5-7-17(8-6-15)23-21(26)19-13-14-20(25-24-19)22-16-9-11-18(12-10-16)27-4-2/h5-14H,3-4H2,1-2H3,(H,22,25)(H,23,26). The summed E-state index contributed by atoms with van der Waals surface area (Å²) in [5, 5.41) is 14.0. The van der Waals surface area contributed by atoms with Crippen LogP contribution in [0.3, 0.4) is 0 Å². The molecular weight excluding hydrogens is 340 g/mol. The van der Waals surface area contributed by atoms with E-state index in [-0.39, 0.29) is 11.6 Å². The van der Waals surface area contributed by atoms with Crippen molar-refractivity contribution in [1.29, 1.82) is 0 Å². The number of amides is 1. The molecular formula is C21H22N4O2. The molecule has 2 N–H and O–H groups in total. The maximum absolute atomic E-state index is 12.3. The van der Waals surface area contributed by atoms with Crippen LogP contribution in [0.5, 0.6) is 5.75 Å². The number of carbonyl (C=O) groups excluding carboxylic acids is 1. The maximum atomic E-state index is 12.3. The molecule has 0 spiro atoms. The van der Waals surface area contributed by atoms with Crippen LogP contribution >= 0.6 is 0 Å². The molecule has 0 bridgehead atoms. The van der Waals surface area contributed by atoms with Crippen LogP contribution in [0, 0.1) is 0 Å². The molecule has 1 heterocycles. The second-order valence-corrected chi connectivity index (χ2v) is 5.89. The molecule has 0 aliphatic rings. The molecule has 0 unspecified atom stereocenters. The molecule has 0 saturated carbocycles. The molecule has 0 fully saturated rings. The smallest absolute Gasteiger partial charge is 0.276 e. The Labute approximate surface area is 158 Å². The summed E-state index contributed by atoms with van der Waals surface area (Å²) in [4.78, 5) is 12.3. The van der Waals surface area contributed by atoms with Gasteiger partial charge in [-0.15, -0.1) is 10.2 Å². The molecule has 2 aromatic carbocycles. The van der Waals surface area contributed by atoms with Crippen LogP contribution < -0.4 is 15.4 Å². The van der Waals surface area contributed by atoms with Crippen molar-refractivity contribution in [3.05, 3.63) is 71.9 Å². The van der Waals surface area contributed by atoms with Crippen molar-refractivity contribution in [2.75, 3.05) is 17.2 Å². The summed E-state index contributed by atoms with van der Waals surface area (Å²) < 4.78 is 5.41. The average molecular weight is 362 g/mol. The van der Waals surface area contributed by atoms with Gasteiger partial charge in [-0.3, -0.25) is 4.79 Å². The van der Waals surface area contributed by atoms with E-state index in [1.807, 2.05) is 55.5 Å². The highest BCUT2D eigenvalue weighted by Gasteiger charge is 2.09. The van der Waals surface area contributed by atoms with Gasteiger partial charge in [0, 0.05) is 11.4 Å². The maximum Gasteiger partial charge on any atom is 0.276 e. The van der Waals surface area contributed by atoms with Gasteiger partial charge in [0.1, 0.15) is 5.75 Å². The lowest BCUT2D eigenvalue weighted by atomic mass is 10.1. The van der Waals surface area contributed by atoms with Gasteiger partial charge in [-0.2, -0.15) is 0 Å². The van der Waals surface area contributed by atoms with E-state index >= 15 is 0 Å². The predicted octanol–water partition coefficient (Wildman–Crippen LogP) is 4.43. The van der Waals surface area contributed by atoms with Crippen molar-refractivity contribution in [2.45, 2.75) is 20.3 Å². The third-order valence-electron chi connectivity index (χ3n) is 3.95. The molecule has 1 amide bonds. The number of aromatic nitrogens is 2. The minimum atomic E-state index is -0.292. The van der Waals surface area contributed by atoms with Gasteiger partial charge in [-0.25, -0.2) is 0 Å². The van der Waals surface area contributed by atoms with Gasteiger partial charge in [-0.1, -0.05) is 19.1 Å². The highest BCUT2D eigenvalue weighted by molar-refractivity contribution is 6.02. The fraction of sp³-hybridized carbons (Fsp3) is 0.190. The lowest BCUT2D eigenvalue weighted by Crippen LogP contribution is -2.14. The Morgan fingerprint density at radius 2 is 1.59 bits per heavy atom. The fourth-order valence-corrected chi connectivity index (χ4v) is 2.49. The van der Waals surface area contributed by atoms with Crippen molar-refractivity contribution in [1.82, 2.24) is 10.2 Å². The van der Waals surface area contributed by atoms with Gasteiger partial charge in [-0.05, 0) is 67.4 Å². The molecule has 0 atom stereocenters. The van der Waals surface area contributed by atoms with Crippen molar-refractivity contribution in [3.63, 3.8) is 0 Å². The number of ether oxygens (including phenoxy) is 1. The second-order valence-electron chi connectivity index (χ2n) is 5.89. The zero-order chi connectivity index (χ0) is 19.1. The third-order valence-corrected chi connectivity index (χ3v) is 3.95. The van der Waals surface area contributed by atoms with Crippen LogP contribution in [0.2, 0.25) is 0 Å². The van der Waals surface area contributed by atoms with Crippen LogP contribution in [0.15, 0.2) is 60.7 Å². The van der Waals surface area contributed by atoms with Gasteiger partial charge in [0.25, 0.3) is 5.91 Å². The third kappa shape index (κ3) is 5.04. The number of hydrogen-bond acceptors (Lipinski definition) is 5. The molecule has 0 radical (unpaired) electrons. The highest BCUT2D eigenvalue weighted by atomic mass is 16.5. The summed E-state index contributed by atoms with van der Waals surface area (Å²) in [6.45, 7) is 4.66. The topological polar surface area (TPSA) is 76.1 Å². The first-order chi connectivity index (χ1) is 13.2. The van der Waals surface area contributed by atoms with Gasteiger partial charge < -0.3 is 15.4 Å². The quantitative estimate of drug-likeness (QED) is 0.650. The molecule has 1 aromatic heterocycles. The second kappa shape index (κ2) is 8.80. The molecule has 0 aliphatic heterocycles. The lowest BCUT2D eigenvalue weighted by Gasteiger charge is -2.08. The van der Waals surface area contributed by atoms with E-state index in [0.29, 0.717) is 12.4 Å². The lowest BCUT2D eigenvalue weighted by molar-refractivity contribution is 0.102. The predicted molar refractivity (Wildman–Crippen MR) is 107 cm³/mol. The molecule has 6 heteroatoms. The van der Waals surface area contributed by atoms with Crippen molar-refractivity contribution in [3.8, 4) is 5.75 Å². The Morgan fingerprint density at radius 3 is 2.19 bits per heavy atom. The number of rotatable bonds is 7. The Hall–Kier alpha value is -3.41. The number of hydrogen-bond donors (Lipinski definition) is 2. The van der Waals surface area contributed by atoms with Gasteiger partial charge in [0.2, 0.25) is 0 Å². The summed E-state index contributed by atoms with van der Waals surface area (Å²) in [6, 6.07) is 18.7. The Morgan fingerprint density at radius 1 is 0.889 bits per heavy atom. The molecule has 3 aromatic rings. The molecule has 138 valence electrons. The van der Waals surface area contributed by atoms with E-state index in [2.05, 4.69) is 27.8 Å². The van der Waals surface area contributed by atoms with E-state index in [1.165, 1.54) is 5.56 Å². The number of anilines is 3. The normalized spacial score (nSPS) is 10.3. The van der Waals surface area contributed by atoms with Crippen LogP contribution in [0.4, 0.5) is 17.2 Å². The zero-order valence-electron chi connectivity index (χ0n) is 15.4. The number of nitrogens with zero attached hydrogens (tertiary/aromatic N) is 2. The monoisotopic (exact) mass is 362 g/mol. The number of aryl methyl sites for hydroxylation is 1. The highest BCUT2D eigenvalue weighted by Crippen LogP contribution is 2.19. The number of benzene rings is 2. The molecule has 3 rings (SSSR count). The average Bonchev–Trinajstić information content (AvgIpc) is 2.71. The zero-order valence-corrected chi connectivity index (χ0v) is 15.4. The van der Waals surface area contributed by atoms with Gasteiger partial charge >= 0.3 is 0 Å². The summed E-state index contributed by atoms with van der Waals surface area (Å²) in [5.41, 5.74) is 3.07. The molecule has 27 heavy (non-hydrogen) atoms. The summed E-state index contributed by atoms with van der Waals surface area (Å²) in [7, 11) is 0. The summed E-state index contributed by atoms with van der Waals surface area (Å²) >= 11 is 0. The first kappa shape index (κ1) is 18.4. The first-order valence-electron chi connectivity index (χ1n) is 8.92. The number of carbonyl (C=O) groups is 1. The van der Waals surface area contributed by atoms with E-state index in [9.17, 15) is 4.79 Å². The number of nitrogens with one attached hydrogen (secondary N) is 2. The van der Waals surface area contributed by atoms with Crippen LogP contribution in [0.1, 0.15) is 29.9 Å². The van der Waals surface area contributed by atoms with Crippen molar-refractivity contribution in [2.24, 2.45) is 0 Å². The Bertz CT molecular complexity index is 876. The van der Waals surface area contributed by atoms with Gasteiger partial charge in [0.15, 0.2) is 11.5 Å². The first-order valence-corrected chi connectivity index (χ1v) is 8.92. The Kier molecular flexibility index (Phi) is 5.99. The largest absolute Gasteiger partial charge is 0.494 e. The van der Waals surface area contributed by atoms with Crippen LogP contribution in [-0.4, -0.2) is 22.7 Å². The fourth-order valence-electron chi connectivity index (χ4n) is 2.49. The summed E-state index contributed by atoms with van der Waals surface area (Å²) in [5.74, 6) is 1.08.